The van der Waals surface area contributed by atoms with Crippen LogP contribution < -0.4 is 4.74 Å². The summed E-state index contributed by atoms with van der Waals surface area (Å²) in [6.07, 6.45) is 1.76. The van der Waals surface area contributed by atoms with Crippen molar-refractivity contribution in [3.05, 3.63) is 28.4 Å². The summed E-state index contributed by atoms with van der Waals surface area (Å²) in [6, 6.07) is 4.01. The van der Waals surface area contributed by atoms with Gasteiger partial charge in [-0.05, 0) is 34.5 Å². The third-order valence-corrected chi connectivity index (χ3v) is 2.50. The molecule has 2 rings (SSSR count). The standard InChI is InChI=1S/C9H9BrN2O/c1-6-3-8-7(10)5-11-12(8)9(4-6)13-2/h3-5H,1-2H3. The van der Waals surface area contributed by atoms with E-state index in [1.54, 1.807) is 17.8 Å². The van der Waals surface area contributed by atoms with Crippen molar-refractivity contribution in [3.63, 3.8) is 0 Å². The molecule has 0 unspecified atom stereocenters. The molecule has 0 saturated heterocycles. The molecular formula is C9H9BrN2O. The molecule has 0 aromatic carbocycles. The summed E-state index contributed by atoms with van der Waals surface area (Å²) >= 11 is 3.43. The molecule has 68 valence electrons. The highest BCUT2D eigenvalue weighted by atomic mass is 79.9. The smallest absolute Gasteiger partial charge is 0.214 e. The fourth-order valence-corrected chi connectivity index (χ4v) is 1.68. The van der Waals surface area contributed by atoms with Crippen LogP contribution in [0.3, 0.4) is 0 Å². The number of nitrogens with zero attached hydrogens (tertiary/aromatic N) is 2. The van der Waals surface area contributed by atoms with Crippen LogP contribution >= 0.6 is 15.9 Å². The molecule has 0 amide bonds. The van der Waals surface area contributed by atoms with E-state index in [4.69, 9.17) is 4.74 Å². The summed E-state index contributed by atoms with van der Waals surface area (Å²) < 4.78 is 7.94. The van der Waals surface area contributed by atoms with Crippen LogP contribution in [-0.2, 0) is 0 Å². The van der Waals surface area contributed by atoms with E-state index in [2.05, 4.69) is 27.1 Å². The summed E-state index contributed by atoms with van der Waals surface area (Å²) in [5.74, 6) is 0.751. The number of rotatable bonds is 1. The van der Waals surface area contributed by atoms with E-state index in [-0.39, 0.29) is 0 Å². The highest BCUT2D eigenvalue weighted by molar-refractivity contribution is 9.10. The van der Waals surface area contributed by atoms with Crippen LogP contribution in [0.5, 0.6) is 5.88 Å². The molecule has 0 saturated carbocycles. The summed E-state index contributed by atoms with van der Waals surface area (Å²) in [5.41, 5.74) is 2.18. The Labute approximate surface area is 84.4 Å². The molecule has 2 aromatic heterocycles. The third-order valence-electron chi connectivity index (χ3n) is 1.89. The number of halogens is 1. The van der Waals surface area contributed by atoms with E-state index in [0.29, 0.717) is 0 Å². The Kier molecular flexibility index (Phi) is 2.00. The van der Waals surface area contributed by atoms with Crippen LogP contribution in [0, 0.1) is 6.92 Å². The van der Waals surface area contributed by atoms with E-state index >= 15 is 0 Å². The number of hydrogen-bond acceptors (Lipinski definition) is 2. The fourth-order valence-electron chi connectivity index (χ4n) is 1.30. The number of fused-ring (bicyclic) bond motifs is 1. The minimum Gasteiger partial charge on any atom is -0.481 e. The van der Waals surface area contributed by atoms with Gasteiger partial charge in [0.15, 0.2) is 0 Å². The Morgan fingerprint density at radius 1 is 1.46 bits per heavy atom. The molecule has 0 spiro atoms. The Morgan fingerprint density at radius 2 is 2.23 bits per heavy atom. The fraction of sp³-hybridized carbons (Fsp3) is 0.222. The van der Waals surface area contributed by atoms with E-state index in [9.17, 15) is 0 Å². The number of aromatic nitrogens is 2. The molecule has 0 aliphatic rings. The molecule has 3 nitrogen and oxygen atoms in total. The average molecular weight is 241 g/mol. The minimum absolute atomic E-state index is 0.751. The summed E-state index contributed by atoms with van der Waals surface area (Å²) in [5, 5.41) is 4.17. The zero-order valence-electron chi connectivity index (χ0n) is 7.41. The Bertz CT molecular complexity index is 450. The lowest BCUT2D eigenvalue weighted by molar-refractivity contribution is 0.385. The minimum atomic E-state index is 0.751. The third kappa shape index (κ3) is 1.31. The first-order valence-corrected chi connectivity index (χ1v) is 4.69. The molecule has 2 aromatic rings. The quantitative estimate of drug-likeness (QED) is 0.766. The second-order valence-corrected chi connectivity index (χ2v) is 3.72. The monoisotopic (exact) mass is 240 g/mol. The zero-order valence-corrected chi connectivity index (χ0v) is 9.00. The number of ether oxygens (including phenoxy) is 1. The Morgan fingerprint density at radius 3 is 2.92 bits per heavy atom. The number of pyridine rings is 1. The molecule has 0 aliphatic carbocycles. The molecule has 0 bridgehead atoms. The molecule has 13 heavy (non-hydrogen) atoms. The van der Waals surface area contributed by atoms with E-state index in [1.165, 1.54) is 0 Å². The van der Waals surface area contributed by atoms with Crippen molar-refractivity contribution in [2.45, 2.75) is 6.92 Å². The molecule has 4 heteroatoms. The van der Waals surface area contributed by atoms with Gasteiger partial charge in [-0.2, -0.15) is 9.61 Å². The van der Waals surface area contributed by atoms with Crippen molar-refractivity contribution in [2.75, 3.05) is 7.11 Å². The van der Waals surface area contributed by atoms with Crippen LogP contribution in [0.15, 0.2) is 22.8 Å². The lowest BCUT2D eigenvalue weighted by atomic mass is 10.3. The highest BCUT2D eigenvalue weighted by Gasteiger charge is 2.06. The first-order chi connectivity index (χ1) is 6.22. The molecule has 0 fully saturated rings. The van der Waals surface area contributed by atoms with Crippen molar-refractivity contribution in [1.29, 1.82) is 0 Å². The zero-order chi connectivity index (χ0) is 9.42. The topological polar surface area (TPSA) is 26.5 Å². The van der Waals surface area contributed by atoms with Crippen molar-refractivity contribution >= 4 is 21.4 Å². The molecule has 0 aliphatic heterocycles. The van der Waals surface area contributed by atoms with Gasteiger partial charge in [0.1, 0.15) is 0 Å². The number of hydrogen-bond donors (Lipinski definition) is 0. The molecule has 0 atom stereocenters. The predicted molar refractivity (Wildman–Crippen MR) is 54.2 cm³/mol. The Balaban J connectivity index is 2.84. The maximum Gasteiger partial charge on any atom is 0.214 e. The predicted octanol–water partition coefficient (Wildman–Crippen LogP) is 2.41. The van der Waals surface area contributed by atoms with E-state index in [0.717, 1.165) is 21.4 Å². The summed E-state index contributed by atoms with van der Waals surface area (Å²) in [4.78, 5) is 0. The van der Waals surface area contributed by atoms with Gasteiger partial charge in [-0.15, -0.1) is 0 Å². The van der Waals surface area contributed by atoms with E-state index < -0.39 is 0 Å². The van der Waals surface area contributed by atoms with Gasteiger partial charge in [0.25, 0.3) is 0 Å². The van der Waals surface area contributed by atoms with E-state index in [1.807, 2.05) is 13.0 Å². The van der Waals surface area contributed by atoms with Crippen molar-refractivity contribution in [3.8, 4) is 5.88 Å². The SMILES string of the molecule is COc1cc(C)cc2c(Br)cnn12. The molecular weight excluding hydrogens is 232 g/mol. The van der Waals surface area contributed by atoms with Crippen LogP contribution in [0.2, 0.25) is 0 Å². The normalized spacial score (nSPS) is 10.7. The first kappa shape index (κ1) is 8.56. The second-order valence-electron chi connectivity index (χ2n) is 2.86. The molecule has 0 radical (unpaired) electrons. The largest absolute Gasteiger partial charge is 0.481 e. The van der Waals surface area contributed by atoms with Crippen molar-refractivity contribution in [2.24, 2.45) is 0 Å². The van der Waals surface area contributed by atoms with Crippen molar-refractivity contribution < 1.29 is 4.74 Å². The average Bonchev–Trinajstić information content (AvgIpc) is 2.47. The van der Waals surface area contributed by atoms with Gasteiger partial charge in [-0.1, -0.05) is 0 Å². The molecule has 2 heterocycles. The van der Waals surface area contributed by atoms with Crippen LogP contribution in [0.25, 0.3) is 5.52 Å². The number of methoxy groups -OCH3 is 1. The van der Waals surface area contributed by atoms with Gasteiger partial charge >= 0.3 is 0 Å². The summed E-state index contributed by atoms with van der Waals surface area (Å²) in [6.45, 7) is 2.03. The van der Waals surface area contributed by atoms with Crippen LogP contribution in [0.4, 0.5) is 0 Å². The van der Waals surface area contributed by atoms with Gasteiger partial charge < -0.3 is 4.74 Å². The van der Waals surface area contributed by atoms with Gasteiger partial charge in [0.2, 0.25) is 5.88 Å². The van der Waals surface area contributed by atoms with Gasteiger partial charge in [-0.25, -0.2) is 0 Å². The summed E-state index contributed by atoms with van der Waals surface area (Å²) in [7, 11) is 1.64. The Hall–Kier alpha value is -1.03. The highest BCUT2D eigenvalue weighted by Crippen LogP contribution is 2.23. The maximum absolute atomic E-state index is 5.20. The first-order valence-electron chi connectivity index (χ1n) is 3.90. The lowest BCUT2D eigenvalue weighted by Crippen LogP contribution is -1.95. The maximum atomic E-state index is 5.20. The van der Waals surface area contributed by atoms with Crippen LogP contribution in [0.1, 0.15) is 5.56 Å². The second kappa shape index (κ2) is 3.03. The lowest BCUT2D eigenvalue weighted by Gasteiger charge is -2.04. The van der Waals surface area contributed by atoms with Gasteiger partial charge in [-0.3, -0.25) is 0 Å². The van der Waals surface area contributed by atoms with Gasteiger partial charge in [0, 0.05) is 6.07 Å². The van der Waals surface area contributed by atoms with Gasteiger partial charge in [0.05, 0.1) is 23.3 Å². The van der Waals surface area contributed by atoms with Crippen molar-refractivity contribution in [1.82, 2.24) is 9.61 Å². The number of aryl methyl sites for hydroxylation is 1. The molecule has 0 N–H and O–H groups in total. The van der Waals surface area contributed by atoms with Crippen LogP contribution in [-0.4, -0.2) is 16.7 Å².